The molecule has 1 amide bonds. The van der Waals surface area contributed by atoms with E-state index in [4.69, 9.17) is 11.6 Å². The Hall–Kier alpha value is -2.29. The van der Waals surface area contributed by atoms with Gasteiger partial charge in [0.2, 0.25) is 5.91 Å². The van der Waals surface area contributed by atoms with Crippen LogP contribution in [0.25, 0.3) is 0 Å². The van der Waals surface area contributed by atoms with Gasteiger partial charge in [0.1, 0.15) is 0 Å². The zero-order chi connectivity index (χ0) is 20.6. The second-order valence-electron chi connectivity index (χ2n) is 7.42. The summed E-state index contributed by atoms with van der Waals surface area (Å²) in [6, 6.07) is 10.0. The maximum atomic E-state index is 13.1. The summed E-state index contributed by atoms with van der Waals surface area (Å²) in [5.74, 6) is -0.0537. The molecule has 7 nitrogen and oxygen atoms in total. The highest BCUT2D eigenvalue weighted by Gasteiger charge is 2.23. The van der Waals surface area contributed by atoms with Gasteiger partial charge in [0.15, 0.2) is 0 Å². The summed E-state index contributed by atoms with van der Waals surface area (Å²) < 4.78 is 28.9. The van der Waals surface area contributed by atoms with Gasteiger partial charge in [-0.1, -0.05) is 11.6 Å². The van der Waals surface area contributed by atoms with Crippen LogP contribution in [-0.2, 0) is 21.2 Å². The molecule has 0 atom stereocenters. The van der Waals surface area contributed by atoms with Crippen molar-refractivity contribution in [2.75, 3.05) is 48.2 Å². The molecular formula is C20H23ClN4O3S. The lowest BCUT2D eigenvalue weighted by Gasteiger charge is -2.35. The van der Waals surface area contributed by atoms with Crippen LogP contribution < -0.4 is 14.9 Å². The zero-order valence-corrected chi connectivity index (χ0v) is 17.7. The molecule has 1 fully saturated rings. The number of carbonyl (C=O) groups is 1. The van der Waals surface area contributed by atoms with E-state index in [-0.39, 0.29) is 10.8 Å². The fraction of sp³-hybridized carbons (Fsp3) is 0.350. The lowest BCUT2D eigenvalue weighted by Crippen LogP contribution is -2.44. The smallest absolute Gasteiger partial charge is 0.261 e. The van der Waals surface area contributed by atoms with Crippen LogP contribution in [-0.4, -0.2) is 52.5 Å². The second kappa shape index (κ2) is 7.85. The standard InChI is InChI=1S/C20H23ClN4O3S/c1-24-8-10-25(11-9-24)19-6-3-15(21)13-18(19)23-29(27,28)16-4-5-17-14(12-16)2-7-20(26)22-17/h3-6,12-13,23H,2,7-11H2,1H3,(H,22,26). The first kappa shape index (κ1) is 20.0. The Bertz CT molecular complexity index is 1050. The molecule has 0 aromatic heterocycles. The monoisotopic (exact) mass is 434 g/mol. The molecule has 2 aliphatic rings. The number of benzene rings is 2. The SMILES string of the molecule is CN1CCN(c2ccc(Cl)cc2NS(=O)(=O)c2ccc3c(c2)CCC(=O)N3)CC1. The molecule has 0 spiro atoms. The van der Waals surface area contributed by atoms with Crippen molar-refractivity contribution in [2.24, 2.45) is 0 Å². The topological polar surface area (TPSA) is 81.8 Å². The van der Waals surface area contributed by atoms with Gasteiger partial charge in [0, 0.05) is 43.3 Å². The Labute approximate surface area is 175 Å². The number of piperazine rings is 1. The Balaban J connectivity index is 1.63. The lowest BCUT2D eigenvalue weighted by atomic mass is 10.0. The minimum absolute atomic E-state index is 0.0537. The van der Waals surface area contributed by atoms with E-state index in [0.717, 1.165) is 37.4 Å². The highest BCUT2D eigenvalue weighted by molar-refractivity contribution is 7.92. The number of anilines is 3. The Morgan fingerprint density at radius 1 is 1.03 bits per heavy atom. The van der Waals surface area contributed by atoms with Gasteiger partial charge < -0.3 is 15.1 Å². The van der Waals surface area contributed by atoms with Crippen molar-refractivity contribution < 1.29 is 13.2 Å². The third-order valence-electron chi connectivity index (χ3n) is 5.33. The molecule has 0 radical (unpaired) electrons. The summed E-state index contributed by atoms with van der Waals surface area (Å²) in [5.41, 5.74) is 2.77. The summed E-state index contributed by atoms with van der Waals surface area (Å²) in [4.78, 5) is 16.1. The quantitative estimate of drug-likeness (QED) is 0.773. The van der Waals surface area contributed by atoms with Gasteiger partial charge in [-0.25, -0.2) is 8.42 Å². The molecule has 1 saturated heterocycles. The summed E-state index contributed by atoms with van der Waals surface area (Å²) >= 11 is 6.16. The predicted octanol–water partition coefficient (Wildman–Crippen LogP) is 2.78. The molecule has 2 heterocycles. The van der Waals surface area contributed by atoms with Gasteiger partial charge in [-0.2, -0.15) is 0 Å². The van der Waals surface area contributed by atoms with Crippen LogP contribution in [0.1, 0.15) is 12.0 Å². The van der Waals surface area contributed by atoms with Crippen LogP contribution in [0.15, 0.2) is 41.3 Å². The third-order valence-corrected chi connectivity index (χ3v) is 6.93. The summed E-state index contributed by atoms with van der Waals surface area (Å²) in [6.45, 7) is 3.44. The van der Waals surface area contributed by atoms with Crippen LogP contribution in [0.5, 0.6) is 0 Å². The molecule has 29 heavy (non-hydrogen) atoms. The van der Waals surface area contributed by atoms with Gasteiger partial charge >= 0.3 is 0 Å². The van der Waals surface area contributed by atoms with Gasteiger partial charge in [-0.15, -0.1) is 0 Å². The zero-order valence-electron chi connectivity index (χ0n) is 16.1. The Morgan fingerprint density at radius 2 is 1.79 bits per heavy atom. The van der Waals surface area contributed by atoms with Crippen LogP contribution in [0.3, 0.4) is 0 Å². The molecule has 2 N–H and O–H groups in total. The summed E-state index contributed by atoms with van der Waals surface area (Å²) in [6.07, 6.45) is 0.875. The van der Waals surface area contributed by atoms with Crippen LogP contribution in [0.4, 0.5) is 17.1 Å². The first-order valence-electron chi connectivity index (χ1n) is 9.50. The second-order valence-corrected chi connectivity index (χ2v) is 9.54. The molecule has 4 rings (SSSR count). The van der Waals surface area contributed by atoms with E-state index in [2.05, 4.69) is 26.9 Å². The van der Waals surface area contributed by atoms with Gasteiger partial charge in [0.05, 0.1) is 16.3 Å². The third kappa shape index (κ3) is 4.34. The fourth-order valence-corrected chi connectivity index (χ4v) is 4.93. The highest BCUT2D eigenvalue weighted by atomic mass is 35.5. The van der Waals surface area contributed by atoms with Crippen molar-refractivity contribution in [3.8, 4) is 0 Å². The van der Waals surface area contributed by atoms with Crippen LogP contribution in [0, 0.1) is 0 Å². The number of hydrogen-bond donors (Lipinski definition) is 2. The van der Waals surface area contributed by atoms with E-state index in [1.165, 1.54) is 6.07 Å². The van der Waals surface area contributed by atoms with Gasteiger partial charge in [-0.3, -0.25) is 9.52 Å². The van der Waals surface area contributed by atoms with Crippen molar-refractivity contribution in [1.29, 1.82) is 0 Å². The molecule has 2 aliphatic heterocycles. The van der Waals surface area contributed by atoms with E-state index in [1.807, 2.05) is 6.07 Å². The first-order chi connectivity index (χ1) is 13.8. The molecule has 0 saturated carbocycles. The fourth-order valence-electron chi connectivity index (χ4n) is 3.64. The average Bonchev–Trinajstić information content (AvgIpc) is 2.68. The number of aryl methyl sites for hydroxylation is 1. The van der Waals surface area contributed by atoms with Gasteiger partial charge in [0.25, 0.3) is 10.0 Å². The lowest BCUT2D eigenvalue weighted by molar-refractivity contribution is -0.116. The van der Waals surface area contributed by atoms with Crippen molar-refractivity contribution in [3.63, 3.8) is 0 Å². The van der Waals surface area contributed by atoms with Crippen molar-refractivity contribution in [3.05, 3.63) is 47.0 Å². The van der Waals surface area contributed by atoms with Crippen molar-refractivity contribution in [1.82, 2.24) is 4.90 Å². The number of nitrogens with zero attached hydrogens (tertiary/aromatic N) is 2. The Morgan fingerprint density at radius 3 is 2.55 bits per heavy atom. The number of fused-ring (bicyclic) bond motifs is 1. The molecule has 9 heteroatoms. The molecule has 2 aromatic carbocycles. The van der Waals surface area contributed by atoms with E-state index in [0.29, 0.717) is 29.2 Å². The van der Waals surface area contributed by atoms with Crippen molar-refractivity contribution in [2.45, 2.75) is 17.7 Å². The van der Waals surface area contributed by atoms with E-state index < -0.39 is 10.0 Å². The molecular weight excluding hydrogens is 412 g/mol. The maximum absolute atomic E-state index is 13.1. The van der Waals surface area contributed by atoms with Crippen LogP contribution >= 0.6 is 11.6 Å². The molecule has 0 unspecified atom stereocenters. The molecule has 0 bridgehead atoms. The minimum atomic E-state index is -3.81. The number of rotatable bonds is 4. The largest absolute Gasteiger partial charge is 0.367 e. The number of halogens is 1. The molecule has 154 valence electrons. The number of likely N-dealkylation sites (N-methyl/N-ethyl adjacent to an activating group) is 1. The maximum Gasteiger partial charge on any atom is 0.261 e. The normalized spacial score (nSPS) is 17.6. The minimum Gasteiger partial charge on any atom is -0.367 e. The number of sulfonamides is 1. The number of amides is 1. The average molecular weight is 435 g/mol. The molecule has 2 aromatic rings. The number of nitrogens with one attached hydrogen (secondary N) is 2. The first-order valence-corrected chi connectivity index (χ1v) is 11.4. The number of hydrogen-bond acceptors (Lipinski definition) is 5. The van der Waals surface area contributed by atoms with Crippen LogP contribution in [0.2, 0.25) is 5.02 Å². The van der Waals surface area contributed by atoms with E-state index >= 15 is 0 Å². The predicted molar refractivity (Wildman–Crippen MR) is 115 cm³/mol. The van der Waals surface area contributed by atoms with E-state index in [9.17, 15) is 13.2 Å². The highest BCUT2D eigenvalue weighted by Crippen LogP contribution is 2.33. The summed E-state index contributed by atoms with van der Waals surface area (Å²) in [5, 5.41) is 3.24. The van der Waals surface area contributed by atoms with Crippen molar-refractivity contribution >= 4 is 44.6 Å². The Kier molecular flexibility index (Phi) is 5.42. The number of carbonyl (C=O) groups excluding carboxylic acids is 1. The summed E-state index contributed by atoms with van der Waals surface area (Å²) in [7, 11) is -1.74. The van der Waals surface area contributed by atoms with Gasteiger partial charge in [-0.05, 0) is 55.4 Å². The van der Waals surface area contributed by atoms with E-state index in [1.54, 1.807) is 24.3 Å². The molecule has 0 aliphatic carbocycles.